The molecule has 0 spiro atoms. The highest BCUT2D eigenvalue weighted by atomic mass is 31.2. The molecule has 0 heterocycles. The number of hydrogen-bond acceptors (Lipinski definition) is 8. The van der Waals surface area contributed by atoms with Crippen LogP contribution >= 0.6 is 8.38 Å². The third-order valence-electron chi connectivity index (χ3n) is 6.37. The first-order chi connectivity index (χ1) is 19.6. The van der Waals surface area contributed by atoms with E-state index in [2.05, 4.69) is 30.6 Å². The van der Waals surface area contributed by atoms with Gasteiger partial charge in [-0.3, -0.25) is 18.6 Å². The SMILES string of the molecule is C=C(N=C(N)C(N)CCP(OCOC(=O)C(C)(C)C)OCOC(=O)C(C)(C)C)c1ccc(CCCCCCCC)cc1. The fourth-order valence-corrected chi connectivity index (χ4v) is 4.71. The number of nitrogens with two attached hydrogens (primary N) is 2. The number of carbonyl (C=O) groups is 2. The van der Waals surface area contributed by atoms with Crippen LogP contribution in [0.15, 0.2) is 35.8 Å². The molecule has 1 rings (SSSR count). The van der Waals surface area contributed by atoms with Crippen molar-refractivity contribution in [1.29, 1.82) is 0 Å². The van der Waals surface area contributed by atoms with Gasteiger partial charge in [-0.2, -0.15) is 0 Å². The second kappa shape index (κ2) is 19.1. The van der Waals surface area contributed by atoms with Crippen LogP contribution in [0.3, 0.4) is 0 Å². The van der Waals surface area contributed by atoms with E-state index in [1.165, 1.54) is 44.1 Å². The lowest BCUT2D eigenvalue weighted by Crippen LogP contribution is -2.37. The summed E-state index contributed by atoms with van der Waals surface area (Å²) >= 11 is 0. The van der Waals surface area contributed by atoms with E-state index in [-0.39, 0.29) is 19.4 Å². The number of unbranched alkanes of at least 4 members (excludes halogenated alkanes) is 5. The van der Waals surface area contributed by atoms with Crippen LogP contribution in [0.2, 0.25) is 0 Å². The Balaban J connectivity index is 2.66. The van der Waals surface area contributed by atoms with Gasteiger partial charge in [-0.1, -0.05) is 69.9 Å². The molecule has 1 unspecified atom stereocenters. The number of rotatable bonds is 19. The number of aliphatic imine (C=N–C) groups is 1. The van der Waals surface area contributed by atoms with Gasteiger partial charge in [0, 0.05) is 6.16 Å². The van der Waals surface area contributed by atoms with E-state index in [0.717, 1.165) is 12.0 Å². The highest BCUT2D eigenvalue weighted by Gasteiger charge is 2.25. The van der Waals surface area contributed by atoms with Crippen LogP contribution in [0.1, 0.15) is 105 Å². The van der Waals surface area contributed by atoms with Gasteiger partial charge in [0.2, 0.25) is 0 Å². The molecule has 0 amide bonds. The number of ether oxygens (including phenoxy) is 2. The predicted molar refractivity (Wildman–Crippen MR) is 172 cm³/mol. The van der Waals surface area contributed by atoms with Crippen LogP contribution in [0, 0.1) is 10.8 Å². The lowest BCUT2D eigenvalue weighted by atomic mass is 9.98. The molecule has 4 N–H and O–H groups in total. The van der Waals surface area contributed by atoms with Crippen molar-refractivity contribution < 1.29 is 28.1 Å². The van der Waals surface area contributed by atoms with Crippen LogP contribution in [0.5, 0.6) is 0 Å². The Bertz CT molecular complexity index is 967. The van der Waals surface area contributed by atoms with Crippen molar-refractivity contribution in [3.63, 3.8) is 0 Å². The van der Waals surface area contributed by atoms with E-state index in [1.807, 2.05) is 12.1 Å². The van der Waals surface area contributed by atoms with E-state index in [9.17, 15) is 9.59 Å². The van der Waals surface area contributed by atoms with Crippen LogP contribution in [-0.2, 0) is 34.5 Å². The van der Waals surface area contributed by atoms with Crippen molar-refractivity contribution in [1.82, 2.24) is 0 Å². The lowest BCUT2D eigenvalue weighted by Gasteiger charge is -2.22. The number of esters is 2. The third kappa shape index (κ3) is 15.8. The molecule has 0 aromatic heterocycles. The zero-order valence-corrected chi connectivity index (χ0v) is 27.8. The Morgan fingerprint density at radius 1 is 0.881 bits per heavy atom. The molecule has 0 fully saturated rings. The maximum atomic E-state index is 12.1. The van der Waals surface area contributed by atoms with E-state index in [1.54, 1.807) is 41.5 Å². The summed E-state index contributed by atoms with van der Waals surface area (Å²) in [5, 5.41) is 0. The van der Waals surface area contributed by atoms with Crippen molar-refractivity contribution in [2.75, 3.05) is 19.7 Å². The zero-order valence-electron chi connectivity index (χ0n) is 26.9. The van der Waals surface area contributed by atoms with Crippen LogP contribution < -0.4 is 11.5 Å². The molecule has 238 valence electrons. The Labute approximate surface area is 254 Å². The average molecular weight is 608 g/mol. The summed E-state index contributed by atoms with van der Waals surface area (Å²) in [5.74, 6) is -0.568. The quantitative estimate of drug-likeness (QED) is 0.0426. The number of carbonyl (C=O) groups excluding carboxylic acids is 2. The summed E-state index contributed by atoms with van der Waals surface area (Å²) in [6, 6.07) is 7.66. The molecule has 0 radical (unpaired) electrons. The van der Waals surface area contributed by atoms with Crippen molar-refractivity contribution in [2.45, 2.75) is 106 Å². The number of nitrogens with zero attached hydrogens (tertiary/aromatic N) is 1. The molecule has 0 saturated carbocycles. The normalized spacial score (nSPS) is 13.2. The van der Waals surface area contributed by atoms with E-state index in [4.69, 9.17) is 30.0 Å². The lowest BCUT2D eigenvalue weighted by molar-refractivity contribution is -0.161. The monoisotopic (exact) mass is 607 g/mol. The van der Waals surface area contributed by atoms with Gasteiger partial charge < -0.3 is 20.9 Å². The van der Waals surface area contributed by atoms with Gasteiger partial charge in [0.15, 0.2) is 22.0 Å². The number of aryl methyl sites for hydroxylation is 1. The van der Waals surface area contributed by atoms with Gasteiger partial charge in [-0.15, -0.1) is 0 Å². The molecular formula is C32H54N3O6P. The number of benzene rings is 1. The van der Waals surface area contributed by atoms with Crippen molar-refractivity contribution in [3.05, 3.63) is 42.0 Å². The summed E-state index contributed by atoms with van der Waals surface area (Å²) in [6.07, 6.45) is 9.45. The van der Waals surface area contributed by atoms with Gasteiger partial charge in [0.05, 0.1) is 22.6 Å². The standard InChI is InChI=1S/C32H54N3O6P/c1-9-10-11-12-13-14-15-25-16-18-26(19-17-25)24(2)35-28(34)27(33)20-21-42(40-22-38-29(36)31(3,4)5)41-23-39-30(37)32(6,7)8/h16-19,27H,2,9-15,20-23,33H2,1,3-8H3,(H2,34,35). The maximum Gasteiger partial charge on any atom is 0.313 e. The van der Waals surface area contributed by atoms with Crippen LogP contribution in [0.25, 0.3) is 5.70 Å². The highest BCUT2D eigenvalue weighted by Crippen LogP contribution is 2.39. The van der Waals surface area contributed by atoms with Gasteiger partial charge in [0.1, 0.15) is 5.84 Å². The fourth-order valence-electron chi connectivity index (χ4n) is 3.55. The minimum absolute atomic E-state index is 0.240. The highest BCUT2D eigenvalue weighted by molar-refractivity contribution is 7.47. The minimum Gasteiger partial charge on any atom is -0.438 e. The molecule has 1 aromatic carbocycles. The maximum absolute atomic E-state index is 12.1. The molecule has 0 saturated heterocycles. The first-order valence-electron chi connectivity index (χ1n) is 14.9. The summed E-state index contributed by atoms with van der Waals surface area (Å²) in [7, 11) is -1.60. The first kappa shape index (κ1) is 37.7. The molecule has 0 aliphatic heterocycles. The third-order valence-corrected chi connectivity index (χ3v) is 7.78. The Morgan fingerprint density at radius 2 is 1.38 bits per heavy atom. The summed E-state index contributed by atoms with van der Waals surface area (Å²) < 4.78 is 21.7. The molecule has 0 bridgehead atoms. The Kier molecular flexibility index (Phi) is 17.1. The second-order valence-corrected chi connectivity index (χ2v) is 14.1. The van der Waals surface area contributed by atoms with E-state index >= 15 is 0 Å². The van der Waals surface area contributed by atoms with Crippen molar-refractivity contribution in [3.8, 4) is 0 Å². The Hall–Kier alpha value is -2.32. The Morgan fingerprint density at radius 3 is 1.88 bits per heavy atom. The minimum atomic E-state index is -1.60. The molecule has 1 aromatic rings. The molecule has 9 nitrogen and oxygen atoms in total. The predicted octanol–water partition coefficient (Wildman–Crippen LogP) is 7.07. The molecule has 42 heavy (non-hydrogen) atoms. The van der Waals surface area contributed by atoms with Gasteiger partial charge >= 0.3 is 11.9 Å². The molecule has 1 atom stereocenters. The summed E-state index contributed by atoms with van der Waals surface area (Å²) in [6.45, 7) is 16.2. The van der Waals surface area contributed by atoms with E-state index < -0.39 is 37.2 Å². The summed E-state index contributed by atoms with van der Waals surface area (Å²) in [5.41, 5.74) is 13.9. The summed E-state index contributed by atoms with van der Waals surface area (Å²) in [4.78, 5) is 28.6. The molecular weight excluding hydrogens is 553 g/mol. The van der Waals surface area contributed by atoms with Crippen LogP contribution in [0.4, 0.5) is 0 Å². The topological polar surface area (TPSA) is 135 Å². The fraction of sp³-hybridized carbons (Fsp3) is 0.656. The van der Waals surface area contributed by atoms with Gasteiger partial charge in [0.25, 0.3) is 0 Å². The first-order valence-corrected chi connectivity index (χ1v) is 16.3. The largest absolute Gasteiger partial charge is 0.438 e. The van der Waals surface area contributed by atoms with Gasteiger partial charge in [-0.25, -0.2) is 4.99 Å². The number of hydrogen-bond donors (Lipinski definition) is 2. The zero-order chi connectivity index (χ0) is 31.8. The molecule has 10 heteroatoms. The molecule has 0 aliphatic carbocycles. The van der Waals surface area contributed by atoms with E-state index in [0.29, 0.717) is 18.3 Å². The van der Waals surface area contributed by atoms with Crippen LogP contribution in [-0.4, -0.2) is 43.6 Å². The van der Waals surface area contributed by atoms with Crippen molar-refractivity contribution >= 4 is 31.8 Å². The molecule has 0 aliphatic rings. The van der Waals surface area contributed by atoms with Gasteiger partial charge in [-0.05, 0) is 71.9 Å². The van der Waals surface area contributed by atoms with Crippen molar-refractivity contribution in [2.24, 2.45) is 27.3 Å². The second-order valence-electron chi connectivity index (χ2n) is 12.5. The smallest absolute Gasteiger partial charge is 0.313 e. The number of amidine groups is 1. The average Bonchev–Trinajstić information content (AvgIpc) is 2.92.